The van der Waals surface area contributed by atoms with Gasteiger partial charge in [0.05, 0.1) is 23.1 Å². The largest absolute Gasteiger partial charge is 0.465 e. The van der Waals surface area contributed by atoms with Crippen molar-refractivity contribution in [1.82, 2.24) is 50.0 Å². The summed E-state index contributed by atoms with van der Waals surface area (Å²) in [6.45, 7) is 15.4. The van der Waals surface area contributed by atoms with Crippen LogP contribution in [0.2, 0.25) is 0 Å². The predicted octanol–water partition coefficient (Wildman–Crippen LogP) is 2.63. The summed E-state index contributed by atoms with van der Waals surface area (Å²) in [4.78, 5) is 30.2. The first-order valence-electron chi connectivity index (χ1n) is 13.6. The molecular formula is C25H45N12O3+. The van der Waals surface area contributed by atoms with Gasteiger partial charge in [0.15, 0.2) is 0 Å². The zero-order valence-corrected chi connectivity index (χ0v) is 24.7. The molecule has 0 aliphatic rings. The maximum Gasteiger partial charge on any atom is 0.407 e. The van der Waals surface area contributed by atoms with E-state index < -0.39 is 11.6 Å². The van der Waals surface area contributed by atoms with Crippen molar-refractivity contribution in [2.75, 3.05) is 26.2 Å². The molecule has 0 spiro atoms. The van der Waals surface area contributed by atoms with Gasteiger partial charge in [-0.3, -0.25) is 14.4 Å². The summed E-state index contributed by atoms with van der Waals surface area (Å²) < 4.78 is 3.58. The summed E-state index contributed by atoms with van der Waals surface area (Å²) >= 11 is 0. The Labute approximate surface area is 235 Å². The Morgan fingerprint density at radius 1 is 1.02 bits per heavy atom. The predicted molar refractivity (Wildman–Crippen MR) is 147 cm³/mol. The monoisotopic (exact) mass is 561 g/mol. The molecule has 0 atom stereocenters. The Balaban J connectivity index is 1.81. The fourth-order valence-corrected chi connectivity index (χ4v) is 3.98. The van der Waals surface area contributed by atoms with Crippen LogP contribution in [0.1, 0.15) is 78.6 Å². The summed E-state index contributed by atoms with van der Waals surface area (Å²) in [6.07, 6.45) is 5.12. The molecule has 0 saturated carbocycles. The van der Waals surface area contributed by atoms with Gasteiger partial charge in [0.1, 0.15) is 17.2 Å². The van der Waals surface area contributed by atoms with E-state index in [0.29, 0.717) is 65.1 Å². The molecule has 15 heteroatoms. The van der Waals surface area contributed by atoms with Crippen molar-refractivity contribution in [3.8, 4) is 0 Å². The van der Waals surface area contributed by atoms with E-state index in [4.69, 9.17) is 5.53 Å². The molecule has 0 radical (unpaired) electrons. The fraction of sp³-hybridized carbons (Fsp3) is 0.760. The molecule has 3 N–H and O–H groups in total. The van der Waals surface area contributed by atoms with Crippen LogP contribution in [0.25, 0.3) is 0 Å². The second kappa shape index (κ2) is 15.2. The topological polar surface area (TPSA) is 185 Å². The lowest BCUT2D eigenvalue weighted by Gasteiger charge is -2.33. The zero-order chi connectivity index (χ0) is 29.8. The van der Waals surface area contributed by atoms with Crippen molar-refractivity contribution < 1.29 is 14.7 Å². The van der Waals surface area contributed by atoms with Crippen LogP contribution >= 0.6 is 0 Å². The van der Waals surface area contributed by atoms with Crippen LogP contribution in [-0.2, 0) is 30.0 Å². The summed E-state index contributed by atoms with van der Waals surface area (Å²) in [5.41, 5.74) is 7.86. The molecule has 2 rings (SSSR count). The summed E-state index contributed by atoms with van der Waals surface area (Å²) in [7, 11) is 0. The van der Waals surface area contributed by atoms with Crippen LogP contribution in [0, 0.1) is 5.53 Å². The van der Waals surface area contributed by atoms with Crippen LogP contribution in [0.3, 0.4) is 0 Å². The molecule has 2 heterocycles. The van der Waals surface area contributed by atoms with Crippen molar-refractivity contribution >= 4 is 12.0 Å². The maximum absolute atomic E-state index is 12.2. The van der Waals surface area contributed by atoms with Gasteiger partial charge in [0.25, 0.3) is 0 Å². The summed E-state index contributed by atoms with van der Waals surface area (Å²) in [5.74, 6) is -0.0720. The minimum absolute atomic E-state index is 0.0720. The highest BCUT2D eigenvalue weighted by atomic mass is 16.4. The smallest absolute Gasteiger partial charge is 0.407 e. The van der Waals surface area contributed by atoms with Crippen molar-refractivity contribution in [1.29, 1.82) is 5.53 Å². The molecule has 0 fully saturated rings. The van der Waals surface area contributed by atoms with E-state index in [1.54, 1.807) is 4.68 Å². The Hall–Kier alpha value is -3.71. The normalized spacial score (nSPS) is 11.9. The first kappa shape index (κ1) is 32.5. The zero-order valence-electron chi connectivity index (χ0n) is 24.7. The van der Waals surface area contributed by atoms with Crippen LogP contribution in [0.5, 0.6) is 0 Å². The molecule has 40 heavy (non-hydrogen) atoms. The number of amides is 2. The number of carboxylic acid groups (broad SMARTS) is 1. The van der Waals surface area contributed by atoms with Crippen LogP contribution < -0.4 is 10.2 Å². The molecule has 2 amide bonds. The van der Waals surface area contributed by atoms with Crippen molar-refractivity contribution in [2.24, 2.45) is 5.11 Å². The molecule has 0 bridgehead atoms. The molecule has 0 aromatic carbocycles. The highest BCUT2D eigenvalue weighted by Crippen LogP contribution is 2.15. The van der Waals surface area contributed by atoms with Gasteiger partial charge in [-0.2, -0.15) is 0 Å². The van der Waals surface area contributed by atoms with E-state index >= 15 is 0 Å². The van der Waals surface area contributed by atoms with Gasteiger partial charge in [-0.05, 0) is 60.8 Å². The first-order valence-corrected chi connectivity index (χ1v) is 13.6. The fourth-order valence-electron chi connectivity index (χ4n) is 3.98. The van der Waals surface area contributed by atoms with Crippen LogP contribution in [0.4, 0.5) is 4.79 Å². The average Bonchev–Trinajstić information content (AvgIpc) is 3.50. The van der Waals surface area contributed by atoms with E-state index in [1.807, 2.05) is 37.8 Å². The maximum atomic E-state index is 12.2. The highest BCUT2D eigenvalue weighted by Gasteiger charge is 2.25. The van der Waals surface area contributed by atoms with Gasteiger partial charge >= 0.3 is 6.09 Å². The van der Waals surface area contributed by atoms with E-state index in [9.17, 15) is 14.7 Å². The molecule has 2 aromatic heterocycles. The lowest BCUT2D eigenvalue weighted by molar-refractivity contribution is -0.121. The standard InChI is InChI=1S/C25H44N12O3/c1-24(2,3)36(23(39)40)15-8-11-27-22(38)10-7-14-35-18-20(29-32-35)16-34(13-9-12-28-31-26)17-21-19-37(33-30-21)25(4,5)6/h18-19,26H,7-17H2,1-6H3,(H-,27,38,39,40)/p+1. The van der Waals surface area contributed by atoms with Gasteiger partial charge in [0.2, 0.25) is 10.8 Å². The number of hydrogen-bond acceptors (Lipinski definition) is 9. The molecule has 222 valence electrons. The molecule has 0 unspecified atom stereocenters. The van der Waals surface area contributed by atoms with Gasteiger partial charge in [-0.1, -0.05) is 10.4 Å². The Morgan fingerprint density at radius 2 is 1.70 bits per heavy atom. The van der Waals surface area contributed by atoms with Crippen molar-refractivity contribution in [2.45, 2.75) is 97.9 Å². The van der Waals surface area contributed by atoms with E-state index in [1.165, 1.54) is 4.90 Å². The lowest BCUT2D eigenvalue weighted by Crippen LogP contribution is -2.46. The number of nitrogens with one attached hydrogen (secondary N) is 2. The van der Waals surface area contributed by atoms with Gasteiger partial charge in [-0.15, -0.1) is 10.2 Å². The van der Waals surface area contributed by atoms with E-state index in [-0.39, 0.29) is 11.4 Å². The Kier molecular flexibility index (Phi) is 12.3. The van der Waals surface area contributed by atoms with Crippen molar-refractivity contribution in [3.63, 3.8) is 0 Å². The van der Waals surface area contributed by atoms with Crippen molar-refractivity contribution in [3.05, 3.63) is 23.8 Å². The lowest BCUT2D eigenvalue weighted by atomic mass is 10.1. The van der Waals surface area contributed by atoms with Gasteiger partial charge in [0, 0.05) is 57.4 Å². The Morgan fingerprint density at radius 3 is 2.30 bits per heavy atom. The molecule has 0 saturated heterocycles. The molecule has 0 aliphatic heterocycles. The minimum atomic E-state index is -0.960. The van der Waals surface area contributed by atoms with Crippen LogP contribution in [-0.4, -0.2) is 88.6 Å². The summed E-state index contributed by atoms with van der Waals surface area (Å²) in [5, 5.41) is 33.0. The van der Waals surface area contributed by atoms with Crippen LogP contribution in [0.15, 0.2) is 17.5 Å². The number of hydrogen-bond donors (Lipinski definition) is 3. The van der Waals surface area contributed by atoms with E-state index in [2.05, 4.69) is 61.6 Å². The average molecular weight is 562 g/mol. The number of nitrogens with zero attached hydrogens (tertiary/aromatic N) is 10. The number of aryl methyl sites for hydroxylation is 1. The first-order chi connectivity index (χ1) is 18.8. The molecule has 15 nitrogen and oxygen atoms in total. The molecule has 2 aromatic rings. The Bertz CT molecular complexity index is 1120. The third kappa shape index (κ3) is 11.6. The summed E-state index contributed by atoms with van der Waals surface area (Å²) in [6, 6.07) is 0. The van der Waals surface area contributed by atoms with Gasteiger partial charge in [-0.25, -0.2) is 9.48 Å². The third-order valence-electron chi connectivity index (χ3n) is 6.10. The number of rotatable bonds is 16. The highest BCUT2D eigenvalue weighted by molar-refractivity contribution is 5.75. The quantitative estimate of drug-likeness (QED) is 0.159. The van der Waals surface area contributed by atoms with Gasteiger partial charge < -0.3 is 15.3 Å². The molecular weight excluding hydrogens is 516 g/mol. The number of carbonyl (C=O) groups is 2. The number of carbonyl (C=O) groups excluding carboxylic acids is 1. The second-order valence-corrected chi connectivity index (χ2v) is 11.7. The van der Waals surface area contributed by atoms with E-state index in [0.717, 1.165) is 17.8 Å². The minimum Gasteiger partial charge on any atom is -0.465 e. The number of aromatic nitrogens is 6. The second-order valence-electron chi connectivity index (χ2n) is 11.7. The SMILES string of the molecule is CC(C)(C)N(CCCNC(=O)CCCn1cc(CN(CCCN=[N+]=N)Cc2cn(C(C)(C)C)nn2)nn1)C(=O)O. The molecule has 0 aliphatic carbocycles. The third-order valence-corrected chi connectivity index (χ3v) is 6.10.